The molecule has 7 heteroatoms. The fourth-order valence-electron chi connectivity index (χ4n) is 3.24. The highest BCUT2D eigenvalue weighted by molar-refractivity contribution is 5.80. The molecule has 1 fully saturated rings. The van der Waals surface area contributed by atoms with Crippen LogP contribution in [0.15, 0.2) is 53.7 Å². The number of guanidine groups is 1. The Morgan fingerprint density at radius 3 is 2.66 bits per heavy atom. The van der Waals surface area contributed by atoms with Crippen LogP contribution >= 0.6 is 0 Å². The molecule has 0 radical (unpaired) electrons. The minimum absolute atomic E-state index is 0.628. The van der Waals surface area contributed by atoms with Crippen LogP contribution in [0.25, 0.3) is 0 Å². The maximum absolute atomic E-state index is 5.80. The number of nitrogens with one attached hydrogen (secondary N) is 1. The van der Waals surface area contributed by atoms with Crippen LogP contribution in [0.4, 0.5) is 5.82 Å². The third-order valence-electron chi connectivity index (χ3n) is 4.76. The molecule has 2 aromatic rings. The lowest BCUT2D eigenvalue weighted by Crippen LogP contribution is -2.52. The molecule has 1 aliphatic rings. The van der Waals surface area contributed by atoms with Crippen molar-refractivity contribution in [3.8, 4) is 11.5 Å². The summed E-state index contributed by atoms with van der Waals surface area (Å²) in [4.78, 5) is 13.9. The third-order valence-corrected chi connectivity index (χ3v) is 4.76. The van der Waals surface area contributed by atoms with Crippen molar-refractivity contribution in [2.24, 2.45) is 4.99 Å². The second kappa shape index (κ2) is 11.1. The van der Waals surface area contributed by atoms with Crippen LogP contribution in [0.5, 0.6) is 11.5 Å². The summed E-state index contributed by atoms with van der Waals surface area (Å²) in [5.41, 5.74) is 0. The van der Waals surface area contributed by atoms with Crippen LogP contribution < -0.4 is 19.7 Å². The van der Waals surface area contributed by atoms with E-state index in [-0.39, 0.29) is 0 Å². The van der Waals surface area contributed by atoms with Gasteiger partial charge in [0, 0.05) is 58.0 Å². The van der Waals surface area contributed by atoms with E-state index in [1.54, 1.807) is 7.11 Å². The van der Waals surface area contributed by atoms with Gasteiger partial charge in [0.25, 0.3) is 0 Å². The van der Waals surface area contributed by atoms with E-state index in [0.717, 1.165) is 69.0 Å². The molecule has 0 spiro atoms. The van der Waals surface area contributed by atoms with Crippen molar-refractivity contribution in [1.29, 1.82) is 0 Å². The summed E-state index contributed by atoms with van der Waals surface area (Å²) in [6.45, 7) is 8.08. The molecule has 2 heterocycles. The summed E-state index contributed by atoms with van der Waals surface area (Å²) < 4.78 is 11.0. The summed E-state index contributed by atoms with van der Waals surface area (Å²) in [5.74, 6) is 3.66. The number of piperazine rings is 1. The van der Waals surface area contributed by atoms with Crippen molar-refractivity contribution in [3.63, 3.8) is 0 Å². The number of rotatable bonds is 8. The maximum atomic E-state index is 5.80. The van der Waals surface area contributed by atoms with Gasteiger partial charge in [-0.2, -0.15) is 0 Å². The Kier molecular flexibility index (Phi) is 7.98. The molecule has 1 aromatic carbocycles. The quantitative estimate of drug-likeness (QED) is 0.420. The molecular weight excluding hydrogens is 366 g/mol. The second-order valence-corrected chi connectivity index (χ2v) is 6.78. The van der Waals surface area contributed by atoms with E-state index in [2.05, 4.69) is 33.1 Å². The predicted octanol–water partition coefficient (Wildman–Crippen LogP) is 2.65. The molecular formula is C22H31N5O2. The minimum atomic E-state index is 0.628. The number of pyridine rings is 1. The fourth-order valence-corrected chi connectivity index (χ4v) is 3.24. The number of nitrogens with zero attached hydrogens (tertiary/aromatic N) is 4. The number of methoxy groups -OCH3 is 1. The Hall–Kier alpha value is -2.96. The largest absolute Gasteiger partial charge is 0.497 e. The number of hydrogen-bond acceptors (Lipinski definition) is 5. The van der Waals surface area contributed by atoms with Crippen molar-refractivity contribution in [2.75, 3.05) is 57.9 Å². The van der Waals surface area contributed by atoms with Gasteiger partial charge in [-0.1, -0.05) is 12.1 Å². The molecule has 3 rings (SSSR count). The van der Waals surface area contributed by atoms with Gasteiger partial charge < -0.3 is 24.6 Å². The highest BCUT2D eigenvalue weighted by Gasteiger charge is 2.20. The predicted molar refractivity (Wildman–Crippen MR) is 117 cm³/mol. The van der Waals surface area contributed by atoms with E-state index in [4.69, 9.17) is 14.5 Å². The zero-order chi connectivity index (χ0) is 20.3. The van der Waals surface area contributed by atoms with Crippen LogP contribution in [0.2, 0.25) is 0 Å². The van der Waals surface area contributed by atoms with Gasteiger partial charge >= 0.3 is 0 Å². The number of anilines is 1. The van der Waals surface area contributed by atoms with Gasteiger partial charge in [-0.25, -0.2) is 4.98 Å². The van der Waals surface area contributed by atoms with E-state index in [1.165, 1.54) is 0 Å². The molecule has 7 nitrogen and oxygen atoms in total. The van der Waals surface area contributed by atoms with E-state index >= 15 is 0 Å². The molecule has 1 aliphatic heterocycles. The van der Waals surface area contributed by atoms with Crippen molar-refractivity contribution in [3.05, 3.63) is 48.7 Å². The maximum Gasteiger partial charge on any atom is 0.194 e. The first kappa shape index (κ1) is 20.8. The highest BCUT2D eigenvalue weighted by atomic mass is 16.5. The molecule has 0 amide bonds. The van der Waals surface area contributed by atoms with Crippen molar-refractivity contribution in [1.82, 2.24) is 15.2 Å². The van der Waals surface area contributed by atoms with E-state index in [0.29, 0.717) is 6.61 Å². The van der Waals surface area contributed by atoms with Gasteiger partial charge in [0.1, 0.15) is 17.3 Å². The first-order chi connectivity index (χ1) is 14.3. The Balaban J connectivity index is 1.45. The molecule has 0 aliphatic carbocycles. The minimum Gasteiger partial charge on any atom is -0.497 e. The van der Waals surface area contributed by atoms with Crippen LogP contribution in [-0.4, -0.2) is 68.8 Å². The van der Waals surface area contributed by atoms with Crippen LogP contribution in [-0.2, 0) is 0 Å². The normalized spacial score (nSPS) is 14.6. The summed E-state index contributed by atoms with van der Waals surface area (Å²) in [6, 6.07) is 13.7. The number of hydrogen-bond donors (Lipinski definition) is 1. The molecule has 0 bridgehead atoms. The molecule has 0 atom stereocenters. The zero-order valence-electron chi connectivity index (χ0n) is 17.4. The third kappa shape index (κ3) is 6.27. The van der Waals surface area contributed by atoms with E-state index in [1.807, 2.05) is 42.6 Å². The first-order valence-electron chi connectivity index (χ1n) is 10.3. The van der Waals surface area contributed by atoms with Gasteiger partial charge in [0.15, 0.2) is 5.96 Å². The first-order valence-corrected chi connectivity index (χ1v) is 10.3. The number of ether oxygens (including phenoxy) is 2. The second-order valence-electron chi connectivity index (χ2n) is 6.78. The Bertz CT molecular complexity index is 761. The number of aromatic nitrogens is 1. The fraction of sp³-hybridized carbons (Fsp3) is 0.455. The monoisotopic (exact) mass is 397 g/mol. The van der Waals surface area contributed by atoms with Gasteiger partial charge in [-0.15, -0.1) is 0 Å². The Morgan fingerprint density at radius 2 is 1.93 bits per heavy atom. The Labute approximate surface area is 173 Å². The Morgan fingerprint density at radius 1 is 1.10 bits per heavy atom. The zero-order valence-corrected chi connectivity index (χ0v) is 17.4. The molecule has 29 heavy (non-hydrogen) atoms. The van der Waals surface area contributed by atoms with Crippen molar-refractivity contribution in [2.45, 2.75) is 13.3 Å². The smallest absolute Gasteiger partial charge is 0.194 e. The highest BCUT2D eigenvalue weighted by Crippen LogP contribution is 2.19. The molecule has 1 saturated heterocycles. The average Bonchev–Trinajstić information content (AvgIpc) is 2.79. The summed E-state index contributed by atoms with van der Waals surface area (Å²) in [6.07, 6.45) is 2.71. The van der Waals surface area contributed by atoms with Crippen molar-refractivity contribution >= 4 is 11.8 Å². The lowest BCUT2D eigenvalue weighted by atomic mass is 10.3. The molecule has 1 aromatic heterocycles. The van der Waals surface area contributed by atoms with Gasteiger partial charge in [0.2, 0.25) is 0 Å². The standard InChI is InChI=1S/C22H31N5O2/c1-3-23-22(25-12-7-17-29-20-9-6-8-19(18-20)28-2)27-15-13-26(14-16-27)21-10-4-5-11-24-21/h4-6,8-11,18H,3,7,12-17H2,1-2H3,(H,23,25). The number of aliphatic imine (C=N–C) groups is 1. The van der Waals surface area contributed by atoms with Crippen LogP contribution in [0.3, 0.4) is 0 Å². The van der Waals surface area contributed by atoms with Gasteiger partial charge in [-0.05, 0) is 31.2 Å². The van der Waals surface area contributed by atoms with E-state index in [9.17, 15) is 0 Å². The summed E-state index contributed by atoms with van der Waals surface area (Å²) in [7, 11) is 1.66. The van der Waals surface area contributed by atoms with E-state index < -0.39 is 0 Å². The van der Waals surface area contributed by atoms with Gasteiger partial charge in [-0.3, -0.25) is 4.99 Å². The number of benzene rings is 1. The lowest BCUT2D eigenvalue weighted by Gasteiger charge is -2.37. The molecule has 0 unspecified atom stereocenters. The summed E-state index contributed by atoms with van der Waals surface area (Å²) in [5, 5.41) is 3.42. The molecule has 1 N–H and O–H groups in total. The average molecular weight is 398 g/mol. The van der Waals surface area contributed by atoms with Crippen LogP contribution in [0, 0.1) is 0 Å². The molecule has 0 saturated carbocycles. The summed E-state index contributed by atoms with van der Waals surface area (Å²) >= 11 is 0. The SMILES string of the molecule is CCNC(=NCCCOc1cccc(OC)c1)N1CCN(c2ccccn2)CC1. The lowest BCUT2D eigenvalue weighted by molar-refractivity contribution is 0.310. The van der Waals surface area contributed by atoms with Crippen LogP contribution in [0.1, 0.15) is 13.3 Å². The van der Waals surface area contributed by atoms with Gasteiger partial charge in [0.05, 0.1) is 13.7 Å². The molecule has 156 valence electrons. The topological polar surface area (TPSA) is 62.2 Å². The van der Waals surface area contributed by atoms with Crippen molar-refractivity contribution < 1.29 is 9.47 Å².